The average molecular weight is 307 g/mol. The average Bonchev–Trinajstić information content (AvgIpc) is 2.84. The zero-order chi connectivity index (χ0) is 15.5. The molecule has 1 aromatic carbocycles. The molecule has 0 saturated heterocycles. The number of nitrogens with one attached hydrogen (secondary N) is 1. The Balaban J connectivity index is 1.97. The van der Waals surface area contributed by atoms with Gasteiger partial charge < -0.3 is 10.2 Å². The standard InChI is InChI=1S/C16H22FN3S/c1-16(2,3)18-9-14-11-21-15(19-14)20(4)10-12-6-5-7-13(17)8-12/h5-8,11,18H,9-10H2,1-4H3. The zero-order valence-electron chi connectivity index (χ0n) is 13.0. The van der Waals surface area contributed by atoms with Gasteiger partial charge in [-0.3, -0.25) is 0 Å². The molecule has 0 aliphatic rings. The summed E-state index contributed by atoms with van der Waals surface area (Å²) in [6.07, 6.45) is 0. The first-order valence-electron chi connectivity index (χ1n) is 6.98. The van der Waals surface area contributed by atoms with Crippen molar-refractivity contribution in [1.82, 2.24) is 10.3 Å². The van der Waals surface area contributed by atoms with Crippen LogP contribution in [0.5, 0.6) is 0 Å². The molecule has 2 aromatic rings. The van der Waals surface area contributed by atoms with Crippen LogP contribution in [0.25, 0.3) is 0 Å². The quantitative estimate of drug-likeness (QED) is 0.910. The highest BCUT2D eigenvalue weighted by molar-refractivity contribution is 7.13. The van der Waals surface area contributed by atoms with Gasteiger partial charge in [0.15, 0.2) is 5.13 Å². The molecule has 0 saturated carbocycles. The van der Waals surface area contributed by atoms with E-state index in [4.69, 9.17) is 0 Å². The third kappa shape index (κ3) is 5.10. The van der Waals surface area contributed by atoms with Crippen molar-refractivity contribution in [2.75, 3.05) is 11.9 Å². The minimum absolute atomic E-state index is 0.0806. The number of anilines is 1. The SMILES string of the molecule is CN(Cc1cccc(F)c1)c1nc(CNC(C)(C)C)cs1. The summed E-state index contributed by atoms with van der Waals surface area (Å²) in [7, 11) is 1.98. The van der Waals surface area contributed by atoms with Gasteiger partial charge in [0.2, 0.25) is 0 Å². The van der Waals surface area contributed by atoms with Crippen LogP contribution in [0.15, 0.2) is 29.6 Å². The second-order valence-electron chi connectivity index (χ2n) is 6.21. The van der Waals surface area contributed by atoms with Crippen molar-refractivity contribution in [1.29, 1.82) is 0 Å². The summed E-state index contributed by atoms with van der Waals surface area (Å²) in [5.41, 5.74) is 2.06. The molecule has 21 heavy (non-hydrogen) atoms. The molecular weight excluding hydrogens is 285 g/mol. The van der Waals surface area contributed by atoms with Crippen LogP contribution < -0.4 is 10.2 Å². The Morgan fingerprint density at radius 2 is 2.10 bits per heavy atom. The van der Waals surface area contributed by atoms with Gasteiger partial charge in [0.25, 0.3) is 0 Å². The highest BCUT2D eigenvalue weighted by atomic mass is 32.1. The van der Waals surface area contributed by atoms with E-state index in [2.05, 4.69) is 36.5 Å². The fourth-order valence-electron chi connectivity index (χ4n) is 1.89. The molecule has 114 valence electrons. The van der Waals surface area contributed by atoms with Gasteiger partial charge in [0.05, 0.1) is 5.69 Å². The molecule has 0 fully saturated rings. The molecule has 0 aliphatic carbocycles. The summed E-state index contributed by atoms with van der Waals surface area (Å²) in [5.74, 6) is -0.199. The van der Waals surface area contributed by atoms with Crippen molar-refractivity contribution in [3.63, 3.8) is 0 Å². The van der Waals surface area contributed by atoms with Gasteiger partial charge in [0, 0.05) is 31.1 Å². The Labute approximate surface area is 129 Å². The largest absolute Gasteiger partial charge is 0.347 e. The molecule has 5 heteroatoms. The molecule has 0 spiro atoms. The van der Waals surface area contributed by atoms with E-state index in [0.717, 1.165) is 22.9 Å². The van der Waals surface area contributed by atoms with Crippen molar-refractivity contribution < 1.29 is 4.39 Å². The van der Waals surface area contributed by atoms with Gasteiger partial charge in [-0.15, -0.1) is 11.3 Å². The van der Waals surface area contributed by atoms with Crippen molar-refractivity contribution in [2.45, 2.75) is 39.4 Å². The van der Waals surface area contributed by atoms with Crippen molar-refractivity contribution >= 4 is 16.5 Å². The van der Waals surface area contributed by atoms with E-state index in [0.29, 0.717) is 6.54 Å². The number of halogens is 1. The van der Waals surface area contributed by atoms with Crippen LogP contribution in [-0.4, -0.2) is 17.6 Å². The van der Waals surface area contributed by atoms with Gasteiger partial charge in [-0.25, -0.2) is 9.37 Å². The zero-order valence-corrected chi connectivity index (χ0v) is 13.8. The van der Waals surface area contributed by atoms with Crippen LogP contribution in [0.2, 0.25) is 0 Å². The number of thiazole rings is 1. The lowest BCUT2D eigenvalue weighted by molar-refractivity contribution is 0.422. The number of nitrogens with zero attached hydrogens (tertiary/aromatic N) is 2. The van der Waals surface area contributed by atoms with Crippen LogP contribution >= 0.6 is 11.3 Å². The molecule has 1 N–H and O–H groups in total. The number of hydrogen-bond donors (Lipinski definition) is 1. The Hall–Kier alpha value is -1.46. The summed E-state index contributed by atoms with van der Waals surface area (Å²) < 4.78 is 13.2. The molecule has 2 rings (SSSR count). The fourth-order valence-corrected chi connectivity index (χ4v) is 2.68. The summed E-state index contributed by atoms with van der Waals surface area (Å²) in [5, 5.41) is 6.44. The second-order valence-corrected chi connectivity index (χ2v) is 7.05. The van der Waals surface area contributed by atoms with E-state index in [-0.39, 0.29) is 11.4 Å². The molecule has 0 bridgehead atoms. The number of aromatic nitrogens is 1. The smallest absolute Gasteiger partial charge is 0.185 e. The highest BCUT2D eigenvalue weighted by Crippen LogP contribution is 2.21. The first-order valence-corrected chi connectivity index (χ1v) is 7.86. The van der Waals surface area contributed by atoms with Crippen molar-refractivity contribution in [3.05, 3.63) is 46.7 Å². The molecular formula is C16H22FN3S. The first-order chi connectivity index (χ1) is 9.83. The lowest BCUT2D eigenvalue weighted by Gasteiger charge is -2.19. The third-order valence-corrected chi connectivity index (χ3v) is 3.98. The lowest BCUT2D eigenvalue weighted by atomic mass is 10.1. The molecule has 1 heterocycles. The maximum Gasteiger partial charge on any atom is 0.185 e. The van der Waals surface area contributed by atoms with Crippen molar-refractivity contribution in [2.24, 2.45) is 0 Å². The lowest BCUT2D eigenvalue weighted by Crippen LogP contribution is -2.35. The van der Waals surface area contributed by atoms with Crippen molar-refractivity contribution in [3.8, 4) is 0 Å². The number of hydrogen-bond acceptors (Lipinski definition) is 4. The van der Waals surface area contributed by atoms with E-state index < -0.39 is 0 Å². The molecule has 3 nitrogen and oxygen atoms in total. The van der Waals surface area contributed by atoms with Gasteiger partial charge in [0.1, 0.15) is 5.82 Å². The predicted molar refractivity (Wildman–Crippen MR) is 87.2 cm³/mol. The van der Waals surface area contributed by atoms with E-state index >= 15 is 0 Å². The topological polar surface area (TPSA) is 28.2 Å². The maximum atomic E-state index is 13.2. The van der Waals surface area contributed by atoms with Crippen LogP contribution in [0.4, 0.5) is 9.52 Å². The van der Waals surface area contributed by atoms with Gasteiger partial charge >= 0.3 is 0 Å². The molecule has 1 aromatic heterocycles. The summed E-state index contributed by atoms with van der Waals surface area (Å²) >= 11 is 1.61. The van der Waals surface area contributed by atoms with E-state index in [1.54, 1.807) is 23.5 Å². The highest BCUT2D eigenvalue weighted by Gasteiger charge is 2.12. The monoisotopic (exact) mass is 307 g/mol. The third-order valence-electron chi connectivity index (χ3n) is 2.97. The van der Waals surface area contributed by atoms with Crippen LogP contribution in [0.3, 0.4) is 0 Å². The van der Waals surface area contributed by atoms with E-state index in [1.165, 1.54) is 6.07 Å². The summed E-state index contributed by atoms with van der Waals surface area (Å²) in [6.45, 7) is 7.81. The van der Waals surface area contributed by atoms with Gasteiger partial charge in [-0.1, -0.05) is 12.1 Å². The predicted octanol–water partition coefficient (Wildman–Crippen LogP) is 3.81. The Bertz CT molecular complexity index is 589. The normalized spacial score (nSPS) is 11.7. The van der Waals surface area contributed by atoms with Crippen LogP contribution in [-0.2, 0) is 13.1 Å². The molecule has 0 unspecified atom stereocenters. The number of benzene rings is 1. The Morgan fingerprint density at radius 3 is 2.76 bits per heavy atom. The molecule has 0 aliphatic heterocycles. The molecule has 0 amide bonds. The number of rotatable bonds is 5. The first kappa shape index (κ1) is 15.9. The second kappa shape index (κ2) is 6.54. The van der Waals surface area contributed by atoms with Crippen LogP contribution in [0, 0.1) is 5.82 Å². The van der Waals surface area contributed by atoms with Crippen LogP contribution in [0.1, 0.15) is 32.0 Å². The van der Waals surface area contributed by atoms with Gasteiger partial charge in [-0.2, -0.15) is 0 Å². The molecule has 0 radical (unpaired) electrons. The Kier molecular flexibility index (Phi) is 4.96. The van der Waals surface area contributed by atoms with E-state index in [9.17, 15) is 4.39 Å². The fraction of sp³-hybridized carbons (Fsp3) is 0.438. The van der Waals surface area contributed by atoms with E-state index in [1.807, 2.05) is 18.0 Å². The molecule has 0 atom stereocenters. The summed E-state index contributed by atoms with van der Waals surface area (Å²) in [4.78, 5) is 6.66. The summed E-state index contributed by atoms with van der Waals surface area (Å²) in [6, 6.07) is 6.68. The minimum Gasteiger partial charge on any atom is -0.347 e. The minimum atomic E-state index is -0.199. The van der Waals surface area contributed by atoms with Gasteiger partial charge in [-0.05, 0) is 38.5 Å². The Morgan fingerprint density at radius 1 is 1.33 bits per heavy atom. The maximum absolute atomic E-state index is 13.2.